The topological polar surface area (TPSA) is 12.0 Å². The lowest BCUT2D eigenvalue weighted by molar-refractivity contribution is 0.448. The van der Waals surface area contributed by atoms with Gasteiger partial charge in [-0.05, 0) is 24.1 Å². The van der Waals surface area contributed by atoms with Gasteiger partial charge in [-0.1, -0.05) is 50.1 Å². The van der Waals surface area contributed by atoms with Crippen LogP contribution in [0.15, 0.2) is 42.5 Å². The van der Waals surface area contributed by atoms with E-state index in [0.717, 1.165) is 30.9 Å². The average Bonchev–Trinajstić information content (AvgIpc) is 2.52. The summed E-state index contributed by atoms with van der Waals surface area (Å²) in [4.78, 5) is 0. The molecule has 0 saturated carbocycles. The van der Waals surface area contributed by atoms with Gasteiger partial charge < -0.3 is 5.32 Å². The van der Waals surface area contributed by atoms with Crippen LogP contribution in [0.5, 0.6) is 0 Å². The van der Waals surface area contributed by atoms with Gasteiger partial charge in [0.25, 0.3) is 0 Å². The van der Waals surface area contributed by atoms with E-state index in [9.17, 15) is 13.2 Å². The van der Waals surface area contributed by atoms with Crippen molar-refractivity contribution in [3.8, 4) is 0 Å². The smallest absolute Gasteiger partial charge is 0.196 e. The van der Waals surface area contributed by atoms with E-state index in [-0.39, 0.29) is 11.7 Å². The lowest BCUT2D eigenvalue weighted by atomic mass is 10.0. The molecular weight excluding hydrogens is 275 g/mol. The Bertz CT molecular complexity index is 584. The molecule has 0 radical (unpaired) electrons. The second-order valence-corrected chi connectivity index (χ2v) is 4.97. The van der Waals surface area contributed by atoms with Crippen molar-refractivity contribution in [3.63, 3.8) is 0 Å². The van der Waals surface area contributed by atoms with Crippen molar-refractivity contribution in [1.82, 2.24) is 0 Å². The number of anilines is 1. The Hall–Kier alpha value is -1.97. The van der Waals surface area contributed by atoms with Gasteiger partial charge in [-0.3, -0.25) is 0 Å². The van der Waals surface area contributed by atoms with Crippen LogP contribution >= 0.6 is 0 Å². The highest BCUT2D eigenvalue weighted by Gasteiger charge is 2.17. The SMILES string of the molecule is CCCCC(Nc1ccc(F)c(F)c1F)c1ccccc1. The number of benzene rings is 2. The lowest BCUT2D eigenvalue weighted by Gasteiger charge is -2.21. The first kappa shape index (κ1) is 15.4. The van der Waals surface area contributed by atoms with Gasteiger partial charge >= 0.3 is 0 Å². The maximum Gasteiger partial charge on any atom is 0.196 e. The normalized spacial score (nSPS) is 12.2. The molecule has 0 aliphatic heterocycles. The van der Waals surface area contributed by atoms with Gasteiger partial charge in [0.2, 0.25) is 0 Å². The van der Waals surface area contributed by atoms with Crippen LogP contribution in [0.1, 0.15) is 37.8 Å². The fourth-order valence-electron chi connectivity index (χ4n) is 2.24. The maximum atomic E-state index is 13.8. The highest BCUT2D eigenvalue weighted by atomic mass is 19.2. The van der Waals surface area contributed by atoms with Crippen LogP contribution in [0.2, 0.25) is 0 Å². The number of rotatable bonds is 6. The largest absolute Gasteiger partial charge is 0.376 e. The minimum Gasteiger partial charge on any atom is -0.376 e. The quantitative estimate of drug-likeness (QED) is 0.698. The summed E-state index contributed by atoms with van der Waals surface area (Å²) in [5, 5.41) is 2.98. The van der Waals surface area contributed by atoms with Crippen LogP contribution in [0.4, 0.5) is 18.9 Å². The van der Waals surface area contributed by atoms with Crippen molar-refractivity contribution in [2.45, 2.75) is 32.2 Å². The summed E-state index contributed by atoms with van der Waals surface area (Å²) < 4.78 is 40.1. The number of unbranched alkanes of at least 4 members (excludes halogenated alkanes) is 1. The molecule has 0 amide bonds. The number of hydrogen-bond acceptors (Lipinski definition) is 1. The predicted molar refractivity (Wildman–Crippen MR) is 78.6 cm³/mol. The molecule has 0 bridgehead atoms. The van der Waals surface area contributed by atoms with Gasteiger partial charge in [-0.2, -0.15) is 0 Å². The van der Waals surface area contributed by atoms with Crippen molar-refractivity contribution in [2.75, 3.05) is 5.32 Å². The molecule has 0 saturated heterocycles. The van der Waals surface area contributed by atoms with Crippen LogP contribution < -0.4 is 5.32 Å². The van der Waals surface area contributed by atoms with Gasteiger partial charge in [0, 0.05) is 0 Å². The molecule has 1 atom stereocenters. The van der Waals surface area contributed by atoms with Crippen molar-refractivity contribution in [2.24, 2.45) is 0 Å². The summed E-state index contributed by atoms with van der Waals surface area (Å²) in [5.74, 6) is -3.79. The van der Waals surface area contributed by atoms with Crippen LogP contribution in [0.3, 0.4) is 0 Å². The second-order valence-electron chi connectivity index (χ2n) is 4.97. The third kappa shape index (κ3) is 3.78. The van der Waals surface area contributed by atoms with Crippen LogP contribution in [0, 0.1) is 17.5 Å². The Labute approximate surface area is 122 Å². The van der Waals surface area contributed by atoms with Crippen LogP contribution in [-0.4, -0.2) is 0 Å². The Balaban J connectivity index is 2.25. The summed E-state index contributed by atoms with van der Waals surface area (Å²) in [6.07, 6.45) is 2.75. The van der Waals surface area contributed by atoms with Crippen LogP contribution in [0.25, 0.3) is 0 Å². The predicted octanol–water partition coefficient (Wildman–Crippen LogP) is 5.45. The lowest BCUT2D eigenvalue weighted by Crippen LogP contribution is -2.12. The van der Waals surface area contributed by atoms with E-state index in [0.29, 0.717) is 0 Å². The zero-order chi connectivity index (χ0) is 15.2. The summed E-state index contributed by atoms with van der Waals surface area (Å²) in [7, 11) is 0. The summed E-state index contributed by atoms with van der Waals surface area (Å²) in [6, 6.07) is 11.6. The molecule has 1 unspecified atom stereocenters. The minimum absolute atomic E-state index is 0.0149. The zero-order valence-corrected chi connectivity index (χ0v) is 11.9. The van der Waals surface area contributed by atoms with Crippen molar-refractivity contribution in [1.29, 1.82) is 0 Å². The Kier molecular flexibility index (Phi) is 5.26. The first-order valence-electron chi connectivity index (χ1n) is 7.08. The van der Waals surface area contributed by atoms with E-state index in [1.165, 1.54) is 6.07 Å². The minimum atomic E-state index is -1.44. The number of halogens is 3. The molecule has 0 aromatic heterocycles. The summed E-state index contributed by atoms with van der Waals surface area (Å²) in [6.45, 7) is 2.07. The molecule has 0 spiro atoms. The van der Waals surface area contributed by atoms with E-state index in [2.05, 4.69) is 12.2 Å². The Morgan fingerprint density at radius 3 is 2.33 bits per heavy atom. The van der Waals surface area contributed by atoms with Gasteiger partial charge in [-0.15, -0.1) is 0 Å². The van der Waals surface area contributed by atoms with Crippen LogP contribution in [-0.2, 0) is 0 Å². The monoisotopic (exact) mass is 293 g/mol. The van der Waals surface area contributed by atoms with Crippen molar-refractivity contribution < 1.29 is 13.2 Å². The molecular formula is C17H18F3N. The van der Waals surface area contributed by atoms with Crippen molar-refractivity contribution >= 4 is 5.69 Å². The Morgan fingerprint density at radius 1 is 0.952 bits per heavy atom. The number of hydrogen-bond donors (Lipinski definition) is 1. The molecule has 0 aliphatic carbocycles. The van der Waals surface area contributed by atoms with E-state index in [1.54, 1.807) is 0 Å². The van der Waals surface area contributed by atoms with E-state index < -0.39 is 17.5 Å². The van der Waals surface area contributed by atoms with Gasteiger partial charge in [0.05, 0.1) is 11.7 Å². The van der Waals surface area contributed by atoms with Gasteiger partial charge in [-0.25, -0.2) is 13.2 Å². The van der Waals surface area contributed by atoms with Gasteiger partial charge in [0.1, 0.15) is 0 Å². The first-order chi connectivity index (χ1) is 10.1. The third-order valence-corrected chi connectivity index (χ3v) is 3.41. The highest BCUT2D eigenvalue weighted by molar-refractivity contribution is 5.47. The highest BCUT2D eigenvalue weighted by Crippen LogP contribution is 2.27. The summed E-state index contributed by atoms with van der Waals surface area (Å²) >= 11 is 0. The molecule has 1 nitrogen and oxygen atoms in total. The molecule has 2 aromatic rings. The van der Waals surface area contributed by atoms with E-state index in [1.807, 2.05) is 30.3 Å². The summed E-state index contributed by atoms with van der Waals surface area (Å²) in [5.41, 5.74) is 0.980. The van der Waals surface area contributed by atoms with Crippen molar-refractivity contribution in [3.05, 3.63) is 65.5 Å². The number of nitrogens with one attached hydrogen (secondary N) is 1. The molecule has 0 heterocycles. The third-order valence-electron chi connectivity index (χ3n) is 3.41. The van der Waals surface area contributed by atoms with E-state index >= 15 is 0 Å². The van der Waals surface area contributed by atoms with E-state index in [4.69, 9.17) is 0 Å². The van der Waals surface area contributed by atoms with Gasteiger partial charge in [0.15, 0.2) is 17.5 Å². The average molecular weight is 293 g/mol. The second kappa shape index (κ2) is 7.16. The standard InChI is InChI=1S/C17H18F3N/c1-2-3-9-14(12-7-5-4-6-8-12)21-15-11-10-13(18)16(19)17(15)20/h4-8,10-11,14,21H,2-3,9H2,1H3. The molecule has 0 fully saturated rings. The molecule has 112 valence electrons. The Morgan fingerprint density at radius 2 is 1.67 bits per heavy atom. The fraction of sp³-hybridized carbons (Fsp3) is 0.294. The first-order valence-corrected chi connectivity index (χ1v) is 7.08. The molecule has 21 heavy (non-hydrogen) atoms. The fourth-order valence-corrected chi connectivity index (χ4v) is 2.24. The maximum absolute atomic E-state index is 13.8. The molecule has 0 aliphatic rings. The molecule has 4 heteroatoms. The molecule has 1 N–H and O–H groups in total. The molecule has 2 aromatic carbocycles. The molecule has 2 rings (SSSR count). The zero-order valence-electron chi connectivity index (χ0n) is 11.9.